The lowest BCUT2D eigenvalue weighted by molar-refractivity contribution is -0.137. The third kappa shape index (κ3) is 4.90. The summed E-state index contributed by atoms with van der Waals surface area (Å²) < 4.78 is 28.6. The molecule has 8 heteroatoms. The third-order valence-corrected chi connectivity index (χ3v) is 6.70. The summed E-state index contributed by atoms with van der Waals surface area (Å²) in [5.74, 6) is -1.47. The number of methoxy groups -OCH3 is 1. The van der Waals surface area contributed by atoms with E-state index in [2.05, 4.69) is 4.74 Å². The second-order valence-corrected chi connectivity index (χ2v) is 8.52. The van der Waals surface area contributed by atoms with Crippen LogP contribution in [0.1, 0.15) is 17.7 Å². The number of thiophene rings is 1. The van der Waals surface area contributed by atoms with Crippen LogP contribution in [0.3, 0.4) is 0 Å². The topological polar surface area (TPSA) is 80.8 Å². The van der Waals surface area contributed by atoms with Crippen LogP contribution >= 0.6 is 11.3 Å². The van der Waals surface area contributed by atoms with Crippen molar-refractivity contribution in [1.82, 2.24) is 4.90 Å². The van der Waals surface area contributed by atoms with Gasteiger partial charge in [-0.05, 0) is 30.4 Å². The van der Waals surface area contributed by atoms with Gasteiger partial charge >= 0.3 is 5.97 Å². The van der Waals surface area contributed by atoms with Crippen LogP contribution in [0.25, 0.3) is 6.08 Å². The number of piperidine rings is 1. The van der Waals surface area contributed by atoms with E-state index in [-0.39, 0.29) is 5.91 Å². The molecular weight excluding hydrogens is 338 g/mol. The summed E-state index contributed by atoms with van der Waals surface area (Å²) >= 11 is 1.54. The molecular formula is C15H19NO5S2. The summed E-state index contributed by atoms with van der Waals surface area (Å²) in [7, 11) is -2.35. The van der Waals surface area contributed by atoms with Crippen molar-refractivity contribution in [2.45, 2.75) is 18.1 Å². The molecule has 6 nitrogen and oxygen atoms in total. The minimum absolute atomic E-state index is 0.123. The standard InChI is InChI=1S/C15H19NO5S2/c1-21-15(18)11-23(19,20)13-6-8-16(9-7-13)14(17)5-4-12-3-2-10-22-12/h2-5,10,13H,6-9,11H2,1H3. The van der Waals surface area contributed by atoms with Crippen LogP contribution in [0.15, 0.2) is 23.6 Å². The predicted octanol–water partition coefficient (Wildman–Crippen LogP) is 1.34. The largest absolute Gasteiger partial charge is 0.468 e. The van der Waals surface area contributed by atoms with E-state index in [1.54, 1.807) is 22.3 Å². The van der Waals surface area contributed by atoms with Gasteiger partial charge in [0, 0.05) is 24.0 Å². The highest BCUT2D eigenvalue weighted by Crippen LogP contribution is 2.19. The van der Waals surface area contributed by atoms with E-state index in [0.717, 1.165) is 4.88 Å². The Labute approximate surface area is 139 Å². The highest BCUT2D eigenvalue weighted by Gasteiger charge is 2.32. The maximum absolute atomic E-state index is 12.1. The average molecular weight is 357 g/mol. The van der Waals surface area contributed by atoms with Crippen molar-refractivity contribution >= 4 is 39.1 Å². The zero-order valence-corrected chi connectivity index (χ0v) is 14.4. The fourth-order valence-electron chi connectivity index (χ4n) is 2.42. The molecule has 1 aliphatic rings. The van der Waals surface area contributed by atoms with Gasteiger partial charge < -0.3 is 9.64 Å². The lowest BCUT2D eigenvalue weighted by atomic mass is 10.1. The number of likely N-dealkylation sites (tertiary alicyclic amines) is 1. The fraction of sp³-hybridized carbons (Fsp3) is 0.467. The van der Waals surface area contributed by atoms with Gasteiger partial charge in [-0.2, -0.15) is 0 Å². The maximum atomic E-state index is 12.1. The number of hydrogen-bond donors (Lipinski definition) is 0. The number of carbonyl (C=O) groups excluding carboxylic acids is 2. The summed E-state index contributed by atoms with van der Waals surface area (Å²) in [6, 6.07) is 3.83. The van der Waals surface area contributed by atoms with Crippen LogP contribution in [-0.4, -0.2) is 56.4 Å². The van der Waals surface area contributed by atoms with Gasteiger partial charge in [-0.1, -0.05) is 6.07 Å². The van der Waals surface area contributed by atoms with Gasteiger partial charge in [-0.15, -0.1) is 11.3 Å². The Hall–Kier alpha value is -1.67. The maximum Gasteiger partial charge on any atom is 0.320 e. The van der Waals surface area contributed by atoms with E-state index in [0.29, 0.717) is 25.9 Å². The minimum atomic E-state index is -3.52. The summed E-state index contributed by atoms with van der Waals surface area (Å²) in [6.07, 6.45) is 3.96. The molecule has 0 N–H and O–H groups in total. The molecule has 0 saturated carbocycles. The number of sulfone groups is 1. The van der Waals surface area contributed by atoms with Crippen LogP contribution in [0.4, 0.5) is 0 Å². The lowest BCUT2D eigenvalue weighted by Crippen LogP contribution is -2.43. The van der Waals surface area contributed by atoms with Crippen molar-refractivity contribution in [3.63, 3.8) is 0 Å². The first-order valence-corrected chi connectivity index (χ1v) is 9.81. The first-order chi connectivity index (χ1) is 10.9. The van der Waals surface area contributed by atoms with Crippen LogP contribution in [0.2, 0.25) is 0 Å². The summed E-state index contributed by atoms with van der Waals surface area (Å²) in [5.41, 5.74) is 0. The Kier molecular flexibility index (Phi) is 5.95. The van der Waals surface area contributed by atoms with Crippen LogP contribution in [0, 0.1) is 0 Å². The highest BCUT2D eigenvalue weighted by atomic mass is 32.2. The van der Waals surface area contributed by atoms with E-state index in [4.69, 9.17) is 0 Å². The Balaban J connectivity index is 1.88. The molecule has 23 heavy (non-hydrogen) atoms. The molecule has 2 rings (SSSR count). The van der Waals surface area contributed by atoms with Gasteiger partial charge in [0.2, 0.25) is 5.91 Å². The monoisotopic (exact) mass is 357 g/mol. The fourth-order valence-corrected chi connectivity index (χ4v) is 4.65. The Morgan fingerprint density at radius 2 is 2.09 bits per heavy atom. The van der Waals surface area contributed by atoms with Crippen molar-refractivity contribution in [2.24, 2.45) is 0 Å². The van der Waals surface area contributed by atoms with Gasteiger partial charge in [0.15, 0.2) is 9.84 Å². The number of hydrogen-bond acceptors (Lipinski definition) is 6. The molecule has 126 valence electrons. The molecule has 1 aliphatic heterocycles. The Bertz CT molecular complexity index is 671. The van der Waals surface area contributed by atoms with E-state index >= 15 is 0 Å². The quantitative estimate of drug-likeness (QED) is 0.587. The first kappa shape index (κ1) is 17.7. The first-order valence-electron chi connectivity index (χ1n) is 7.21. The molecule has 1 saturated heterocycles. The second-order valence-electron chi connectivity index (χ2n) is 5.26. The predicted molar refractivity (Wildman–Crippen MR) is 88.8 cm³/mol. The van der Waals surface area contributed by atoms with E-state index in [1.165, 1.54) is 13.2 Å². The Morgan fingerprint density at radius 3 is 2.65 bits per heavy atom. The zero-order chi connectivity index (χ0) is 16.9. The zero-order valence-electron chi connectivity index (χ0n) is 12.8. The van der Waals surface area contributed by atoms with Crippen molar-refractivity contribution in [3.05, 3.63) is 28.5 Å². The van der Waals surface area contributed by atoms with Crippen molar-refractivity contribution < 1.29 is 22.7 Å². The van der Waals surface area contributed by atoms with Crippen LogP contribution in [0.5, 0.6) is 0 Å². The van der Waals surface area contributed by atoms with Crippen molar-refractivity contribution in [2.75, 3.05) is 26.0 Å². The van der Waals surface area contributed by atoms with E-state index < -0.39 is 26.8 Å². The molecule has 1 aromatic heterocycles. The molecule has 1 amide bonds. The molecule has 0 aromatic carbocycles. The molecule has 0 bridgehead atoms. The van der Waals surface area contributed by atoms with Crippen LogP contribution in [-0.2, 0) is 24.2 Å². The van der Waals surface area contributed by atoms with E-state index in [9.17, 15) is 18.0 Å². The van der Waals surface area contributed by atoms with Gasteiger partial charge in [-0.25, -0.2) is 8.42 Å². The number of esters is 1. The number of carbonyl (C=O) groups is 2. The molecule has 1 fully saturated rings. The van der Waals surface area contributed by atoms with E-state index in [1.807, 2.05) is 17.5 Å². The van der Waals surface area contributed by atoms with Crippen molar-refractivity contribution in [1.29, 1.82) is 0 Å². The number of ether oxygens (including phenoxy) is 1. The summed E-state index contributed by atoms with van der Waals surface area (Å²) in [5, 5.41) is 1.34. The molecule has 1 aromatic rings. The summed E-state index contributed by atoms with van der Waals surface area (Å²) in [6.45, 7) is 0.747. The van der Waals surface area contributed by atoms with Gasteiger partial charge in [0.25, 0.3) is 0 Å². The number of rotatable bonds is 5. The smallest absolute Gasteiger partial charge is 0.320 e. The second kappa shape index (κ2) is 7.74. The van der Waals surface area contributed by atoms with Gasteiger partial charge in [0.1, 0.15) is 5.75 Å². The molecule has 2 heterocycles. The normalized spacial score (nSPS) is 16.7. The number of amides is 1. The molecule has 0 aliphatic carbocycles. The SMILES string of the molecule is COC(=O)CS(=O)(=O)C1CCN(C(=O)C=Cc2cccs2)CC1. The molecule has 0 atom stereocenters. The number of nitrogens with zero attached hydrogens (tertiary/aromatic N) is 1. The lowest BCUT2D eigenvalue weighted by Gasteiger charge is -2.30. The van der Waals surface area contributed by atoms with Crippen molar-refractivity contribution in [3.8, 4) is 0 Å². The Morgan fingerprint density at radius 1 is 1.39 bits per heavy atom. The highest BCUT2D eigenvalue weighted by molar-refractivity contribution is 7.92. The van der Waals surface area contributed by atoms with Crippen LogP contribution < -0.4 is 0 Å². The van der Waals surface area contributed by atoms with Gasteiger partial charge in [0.05, 0.1) is 12.4 Å². The molecule has 0 spiro atoms. The van der Waals surface area contributed by atoms with Gasteiger partial charge in [-0.3, -0.25) is 9.59 Å². The summed E-state index contributed by atoms with van der Waals surface area (Å²) in [4.78, 5) is 25.9. The molecule has 0 radical (unpaired) electrons. The average Bonchev–Trinajstić information content (AvgIpc) is 3.05. The third-order valence-electron chi connectivity index (χ3n) is 3.74. The molecule has 0 unspecified atom stereocenters. The minimum Gasteiger partial charge on any atom is -0.468 e.